The lowest BCUT2D eigenvalue weighted by Crippen LogP contribution is -2.05. The number of hydrogen-bond acceptors (Lipinski definition) is 3. The number of aromatic nitrogens is 2. The van der Waals surface area contributed by atoms with Gasteiger partial charge in [-0.3, -0.25) is 0 Å². The van der Waals surface area contributed by atoms with Crippen LogP contribution in [0.2, 0.25) is 5.15 Å². The first-order chi connectivity index (χ1) is 9.75. The molecule has 2 rings (SSSR count). The summed E-state index contributed by atoms with van der Waals surface area (Å²) in [5.41, 5.74) is -0.205. The van der Waals surface area contributed by atoms with E-state index in [2.05, 4.69) is 15.3 Å². The maximum absolute atomic E-state index is 12.5. The second kappa shape index (κ2) is 5.89. The van der Waals surface area contributed by atoms with E-state index in [0.29, 0.717) is 17.3 Å². The summed E-state index contributed by atoms with van der Waals surface area (Å²) in [6, 6.07) is 6.22. The molecule has 0 atom stereocenters. The maximum atomic E-state index is 12.5. The van der Waals surface area contributed by atoms with Crippen LogP contribution in [-0.2, 0) is 6.18 Å². The molecule has 0 bridgehead atoms. The molecular formula is C14H13ClF3N3. The van der Waals surface area contributed by atoms with Gasteiger partial charge >= 0.3 is 6.18 Å². The van der Waals surface area contributed by atoms with Crippen LogP contribution in [0.25, 0.3) is 0 Å². The molecule has 112 valence electrons. The molecular weight excluding hydrogens is 303 g/mol. The average Bonchev–Trinajstić information content (AvgIpc) is 2.37. The first-order valence-electron chi connectivity index (χ1n) is 6.24. The Morgan fingerprint density at radius 3 is 2.24 bits per heavy atom. The smallest absolute Gasteiger partial charge is 0.340 e. The van der Waals surface area contributed by atoms with Gasteiger partial charge < -0.3 is 5.32 Å². The van der Waals surface area contributed by atoms with Crippen LogP contribution in [0.1, 0.15) is 31.2 Å². The molecule has 0 aliphatic heterocycles. The summed E-state index contributed by atoms with van der Waals surface area (Å²) in [5.74, 6) is 1.10. The number of rotatable bonds is 3. The molecule has 0 saturated carbocycles. The van der Waals surface area contributed by atoms with Crippen LogP contribution in [0.4, 0.5) is 24.7 Å². The number of halogens is 4. The lowest BCUT2D eigenvalue weighted by Gasteiger charge is -2.11. The van der Waals surface area contributed by atoms with Gasteiger partial charge in [0, 0.05) is 17.7 Å². The largest absolute Gasteiger partial charge is 0.416 e. The molecule has 1 aromatic heterocycles. The van der Waals surface area contributed by atoms with Gasteiger partial charge in [0.2, 0.25) is 0 Å². The Morgan fingerprint density at radius 2 is 1.71 bits per heavy atom. The molecule has 3 nitrogen and oxygen atoms in total. The molecule has 0 aliphatic rings. The lowest BCUT2D eigenvalue weighted by atomic mass is 10.2. The zero-order valence-corrected chi connectivity index (χ0v) is 12.1. The van der Waals surface area contributed by atoms with Crippen molar-refractivity contribution in [3.63, 3.8) is 0 Å². The zero-order chi connectivity index (χ0) is 15.6. The summed E-state index contributed by atoms with van der Waals surface area (Å²) < 4.78 is 37.4. The van der Waals surface area contributed by atoms with Gasteiger partial charge in [-0.15, -0.1) is 0 Å². The monoisotopic (exact) mass is 315 g/mol. The Labute approximate surface area is 125 Å². The standard InChI is InChI=1S/C14H13ClF3N3/c1-8(2)13-20-11(15)7-12(21-13)19-10-5-3-9(4-6-10)14(16,17)18/h3-8H,1-2H3,(H,19,20,21). The van der Waals surface area contributed by atoms with Crippen molar-refractivity contribution < 1.29 is 13.2 Å². The van der Waals surface area contributed by atoms with Crippen LogP contribution in [-0.4, -0.2) is 9.97 Å². The van der Waals surface area contributed by atoms with E-state index in [1.807, 2.05) is 13.8 Å². The number of alkyl halides is 3. The van der Waals surface area contributed by atoms with Crippen LogP contribution >= 0.6 is 11.6 Å². The third kappa shape index (κ3) is 4.07. The predicted octanol–water partition coefficient (Wildman–Crippen LogP) is 5.02. The zero-order valence-electron chi connectivity index (χ0n) is 11.4. The summed E-state index contributed by atoms with van der Waals surface area (Å²) in [5, 5.41) is 3.20. The molecule has 0 radical (unpaired) electrons. The Kier molecular flexibility index (Phi) is 4.37. The third-order valence-corrected chi connectivity index (χ3v) is 2.91. The van der Waals surface area contributed by atoms with Crippen molar-refractivity contribution in [3.05, 3.63) is 46.9 Å². The van der Waals surface area contributed by atoms with Gasteiger partial charge in [0.1, 0.15) is 16.8 Å². The van der Waals surface area contributed by atoms with Crippen LogP contribution in [0.15, 0.2) is 30.3 Å². The Morgan fingerprint density at radius 1 is 1.10 bits per heavy atom. The van der Waals surface area contributed by atoms with Crippen LogP contribution in [0.3, 0.4) is 0 Å². The molecule has 1 N–H and O–H groups in total. The van der Waals surface area contributed by atoms with Crippen molar-refractivity contribution in [2.45, 2.75) is 25.9 Å². The van der Waals surface area contributed by atoms with Crippen molar-refractivity contribution in [1.82, 2.24) is 9.97 Å². The normalized spacial score (nSPS) is 11.8. The van der Waals surface area contributed by atoms with Crippen molar-refractivity contribution in [2.24, 2.45) is 0 Å². The van der Waals surface area contributed by atoms with E-state index in [9.17, 15) is 13.2 Å². The quantitative estimate of drug-likeness (QED) is 0.808. The minimum atomic E-state index is -4.35. The molecule has 21 heavy (non-hydrogen) atoms. The van der Waals surface area contributed by atoms with Crippen LogP contribution in [0.5, 0.6) is 0 Å². The Bertz CT molecular complexity index is 624. The van der Waals surface area contributed by atoms with Gasteiger partial charge in [-0.1, -0.05) is 25.4 Å². The second-order valence-corrected chi connectivity index (χ2v) is 5.18. The summed E-state index contributed by atoms with van der Waals surface area (Å²) in [4.78, 5) is 8.36. The van der Waals surface area contributed by atoms with Crippen molar-refractivity contribution >= 4 is 23.1 Å². The molecule has 0 saturated heterocycles. The topological polar surface area (TPSA) is 37.8 Å². The van der Waals surface area contributed by atoms with E-state index >= 15 is 0 Å². The Hall–Kier alpha value is -1.82. The highest BCUT2D eigenvalue weighted by molar-refractivity contribution is 6.29. The van der Waals surface area contributed by atoms with E-state index in [4.69, 9.17) is 11.6 Å². The molecule has 7 heteroatoms. The molecule has 0 spiro atoms. The maximum Gasteiger partial charge on any atom is 0.416 e. The average molecular weight is 316 g/mol. The van der Waals surface area contributed by atoms with Gasteiger partial charge in [0.05, 0.1) is 5.56 Å². The first-order valence-corrected chi connectivity index (χ1v) is 6.62. The Balaban J connectivity index is 2.22. The summed E-state index contributed by atoms with van der Waals surface area (Å²) >= 11 is 5.91. The summed E-state index contributed by atoms with van der Waals surface area (Å²) in [6.45, 7) is 3.85. The van der Waals surface area contributed by atoms with E-state index in [-0.39, 0.29) is 11.1 Å². The van der Waals surface area contributed by atoms with Gasteiger partial charge in [0.15, 0.2) is 0 Å². The van der Waals surface area contributed by atoms with Crippen molar-refractivity contribution in [1.29, 1.82) is 0 Å². The predicted molar refractivity (Wildman–Crippen MR) is 75.9 cm³/mol. The molecule has 1 aromatic carbocycles. The fraction of sp³-hybridized carbons (Fsp3) is 0.286. The number of nitrogens with one attached hydrogen (secondary N) is 1. The molecule has 0 fully saturated rings. The lowest BCUT2D eigenvalue weighted by molar-refractivity contribution is -0.137. The van der Waals surface area contributed by atoms with Gasteiger partial charge in [-0.25, -0.2) is 9.97 Å². The third-order valence-electron chi connectivity index (χ3n) is 2.71. The molecule has 2 aromatic rings. The fourth-order valence-electron chi connectivity index (χ4n) is 1.65. The molecule has 0 amide bonds. The van der Waals surface area contributed by atoms with E-state index in [1.165, 1.54) is 18.2 Å². The summed E-state index contributed by atoms with van der Waals surface area (Å²) in [6.07, 6.45) is -4.35. The van der Waals surface area contributed by atoms with Crippen molar-refractivity contribution in [2.75, 3.05) is 5.32 Å². The number of anilines is 2. The number of hydrogen-bond donors (Lipinski definition) is 1. The molecule has 0 aliphatic carbocycles. The minimum Gasteiger partial charge on any atom is -0.340 e. The molecule has 1 heterocycles. The molecule has 0 unspecified atom stereocenters. The summed E-state index contributed by atoms with van der Waals surface area (Å²) in [7, 11) is 0. The van der Waals surface area contributed by atoms with Crippen LogP contribution < -0.4 is 5.32 Å². The highest BCUT2D eigenvalue weighted by Gasteiger charge is 2.29. The number of benzene rings is 1. The minimum absolute atomic E-state index is 0.0943. The highest BCUT2D eigenvalue weighted by Crippen LogP contribution is 2.30. The van der Waals surface area contributed by atoms with Gasteiger partial charge in [-0.2, -0.15) is 13.2 Å². The fourth-order valence-corrected chi connectivity index (χ4v) is 1.84. The van der Waals surface area contributed by atoms with Gasteiger partial charge in [-0.05, 0) is 24.3 Å². The van der Waals surface area contributed by atoms with E-state index in [1.54, 1.807) is 0 Å². The van der Waals surface area contributed by atoms with E-state index in [0.717, 1.165) is 12.1 Å². The van der Waals surface area contributed by atoms with Crippen molar-refractivity contribution in [3.8, 4) is 0 Å². The highest BCUT2D eigenvalue weighted by atomic mass is 35.5. The number of nitrogens with zero attached hydrogens (tertiary/aromatic N) is 2. The van der Waals surface area contributed by atoms with Gasteiger partial charge in [0.25, 0.3) is 0 Å². The second-order valence-electron chi connectivity index (χ2n) is 4.79. The van der Waals surface area contributed by atoms with Crippen LogP contribution in [0, 0.1) is 0 Å². The van der Waals surface area contributed by atoms with E-state index < -0.39 is 11.7 Å². The SMILES string of the molecule is CC(C)c1nc(Cl)cc(Nc2ccc(C(F)(F)F)cc2)n1. The first kappa shape index (κ1) is 15.6.